The van der Waals surface area contributed by atoms with Gasteiger partial charge in [-0.1, -0.05) is 0 Å². The van der Waals surface area contributed by atoms with E-state index in [0.717, 1.165) is 12.1 Å². The highest BCUT2D eigenvalue weighted by atomic mass is 32.2. The van der Waals surface area contributed by atoms with Crippen LogP contribution in [0.5, 0.6) is 5.75 Å². The summed E-state index contributed by atoms with van der Waals surface area (Å²) in [5, 5.41) is 7.57. The van der Waals surface area contributed by atoms with Crippen LogP contribution in [-0.2, 0) is 4.74 Å². The van der Waals surface area contributed by atoms with Crippen LogP contribution in [0.3, 0.4) is 0 Å². The molecule has 9 nitrogen and oxygen atoms in total. The molecule has 0 aliphatic carbocycles. The van der Waals surface area contributed by atoms with Gasteiger partial charge < -0.3 is 20.5 Å². The molecule has 0 radical (unpaired) electrons. The maximum absolute atomic E-state index is 12.3. The summed E-state index contributed by atoms with van der Waals surface area (Å²) >= 11 is 1.22. The minimum atomic E-state index is -4.77. The number of nitrogen functional groups attached to an aromatic ring is 1. The molecule has 0 aliphatic rings. The van der Waals surface area contributed by atoms with E-state index in [2.05, 4.69) is 25.1 Å². The van der Waals surface area contributed by atoms with Crippen LogP contribution in [0.2, 0.25) is 0 Å². The van der Waals surface area contributed by atoms with Crippen molar-refractivity contribution in [3.8, 4) is 11.6 Å². The molecule has 30 heavy (non-hydrogen) atoms. The third-order valence-electron chi connectivity index (χ3n) is 3.70. The number of anilines is 3. The van der Waals surface area contributed by atoms with E-state index in [1.54, 1.807) is 6.26 Å². The molecular formula is C17H15F3N6O3S. The summed E-state index contributed by atoms with van der Waals surface area (Å²) in [6.07, 6.45) is -1.78. The van der Waals surface area contributed by atoms with E-state index in [4.69, 9.17) is 10.5 Å². The lowest BCUT2D eigenvalue weighted by Gasteiger charge is -2.10. The zero-order chi connectivity index (χ0) is 21.9. The van der Waals surface area contributed by atoms with Gasteiger partial charge in [-0.25, -0.2) is 14.8 Å². The van der Waals surface area contributed by atoms with Gasteiger partial charge in [-0.2, -0.15) is 9.78 Å². The molecule has 2 heterocycles. The third kappa shape index (κ3) is 4.74. The second kappa shape index (κ2) is 8.49. The zero-order valence-electron chi connectivity index (χ0n) is 15.6. The molecular weight excluding hydrogens is 425 g/mol. The number of methoxy groups -OCH3 is 1. The van der Waals surface area contributed by atoms with Crippen molar-refractivity contribution >= 4 is 35.1 Å². The number of aromatic nitrogens is 4. The van der Waals surface area contributed by atoms with Gasteiger partial charge in [0.25, 0.3) is 0 Å². The highest BCUT2D eigenvalue weighted by molar-refractivity contribution is 7.98. The number of hydrogen-bond acceptors (Lipinski definition) is 9. The van der Waals surface area contributed by atoms with Crippen LogP contribution in [0, 0.1) is 0 Å². The molecule has 0 atom stereocenters. The number of benzene rings is 1. The van der Waals surface area contributed by atoms with Gasteiger partial charge in [0.05, 0.1) is 7.11 Å². The molecule has 0 spiro atoms. The normalized spacial score (nSPS) is 11.2. The Morgan fingerprint density at radius 1 is 1.23 bits per heavy atom. The lowest BCUT2D eigenvalue weighted by molar-refractivity contribution is -0.274. The van der Waals surface area contributed by atoms with Crippen LogP contribution in [0.15, 0.2) is 41.7 Å². The number of rotatable bonds is 6. The minimum absolute atomic E-state index is 0.0458. The fourth-order valence-electron chi connectivity index (χ4n) is 2.44. The van der Waals surface area contributed by atoms with Crippen molar-refractivity contribution < 1.29 is 27.4 Å². The lowest BCUT2D eigenvalue weighted by atomic mass is 10.3. The maximum atomic E-state index is 12.3. The van der Waals surface area contributed by atoms with E-state index in [0.29, 0.717) is 16.5 Å². The number of nitrogens with one attached hydrogen (secondary N) is 1. The number of carbonyl (C=O) groups excluding carboxylic acids is 1. The summed E-state index contributed by atoms with van der Waals surface area (Å²) in [5.74, 6) is -0.334. The Bertz CT molecular complexity index is 1060. The summed E-state index contributed by atoms with van der Waals surface area (Å²) in [4.78, 5) is 20.1. The zero-order valence-corrected chi connectivity index (χ0v) is 16.4. The molecule has 0 saturated heterocycles. The minimum Gasteiger partial charge on any atom is -0.465 e. The fourth-order valence-corrected chi connectivity index (χ4v) is 3.00. The first-order valence-corrected chi connectivity index (χ1v) is 9.40. The molecule has 0 fully saturated rings. The highest BCUT2D eigenvalue weighted by Crippen LogP contribution is 2.28. The average molecular weight is 440 g/mol. The number of halogens is 3. The topological polar surface area (TPSA) is 117 Å². The first kappa shape index (κ1) is 21.2. The van der Waals surface area contributed by atoms with Gasteiger partial charge in [0, 0.05) is 11.8 Å². The number of nitrogens with two attached hydrogens (primary N) is 1. The summed E-state index contributed by atoms with van der Waals surface area (Å²) in [7, 11) is 1.24. The van der Waals surface area contributed by atoms with Gasteiger partial charge in [-0.05, 0) is 30.5 Å². The summed E-state index contributed by atoms with van der Waals surface area (Å²) < 4.78 is 46.6. The molecule has 3 aromatic rings. The second-order valence-corrected chi connectivity index (χ2v) is 6.43. The number of thioether (sulfide) groups is 1. The Labute approximate surface area is 172 Å². The predicted octanol–water partition coefficient (Wildman–Crippen LogP) is 3.40. The number of alkyl halides is 3. The molecule has 3 rings (SSSR count). The fraction of sp³-hybridized carbons (Fsp3) is 0.176. The number of nitrogens with zero attached hydrogens (tertiary/aromatic N) is 4. The smallest absolute Gasteiger partial charge is 0.465 e. The van der Waals surface area contributed by atoms with Crippen LogP contribution in [0.4, 0.5) is 30.5 Å². The number of ether oxygens (including phenoxy) is 2. The Hall–Kier alpha value is -3.48. The van der Waals surface area contributed by atoms with E-state index in [1.807, 2.05) is 0 Å². The molecule has 0 amide bonds. The molecule has 3 N–H and O–H groups in total. The third-order valence-corrected chi connectivity index (χ3v) is 4.37. The van der Waals surface area contributed by atoms with Crippen molar-refractivity contribution in [2.24, 2.45) is 0 Å². The molecule has 1 aromatic carbocycles. The van der Waals surface area contributed by atoms with Crippen molar-refractivity contribution in [1.82, 2.24) is 19.7 Å². The molecule has 13 heteroatoms. The molecule has 0 saturated carbocycles. The molecule has 2 aromatic heterocycles. The number of carbonyl (C=O) groups is 1. The van der Waals surface area contributed by atoms with Crippen molar-refractivity contribution in [2.75, 3.05) is 24.4 Å². The van der Waals surface area contributed by atoms with Gasteiger partial charge in [0.15, 0.2) is 5.82 Å². The maximum Gasteiger partial charge on any atom is 0.573 e. The number of esters is 1. The van der Waals surface area contributed by atoms with Gasteiger partial charge >= 0.3 is 12.3 Å². The van der Waals surface area contributed by atoms with E-state index in [-0.39, 0.29) is 22.9 Å². The van der Waals surface area contributed by atoms with Crippen LogP contribution in [0.1, 0.15) is 10.4 Å². The van der Waals surface area contributed by atoms with Gasteiger partial charge in [-0.15, -0.1) is 24.9 Å². The monoisotopic (exact) mass is 440 g/mol. The number of hydrogen-bond donors (Lipinski definition) is 2. The SMILES string of the molecule is COC(=O)c1c(SC)nn(-c2cc(Nc3ccc(OC(F)(F)F)cc3)ncn2)c1N. The molecule has 0 aliphatic heterocycles. The highest BCUT2D eigenvalue weighted by Gasteiger charge is 2.31. The van der Waals surface area contributed by atoms with Gasteiger partial charge in [0.2, 0.25) is 0 Å². The van der Waals surface area contributed by atoms with Crippen LogP contribution < -0.4 is 15.8 Å². The molecule has 158 valence electrons. The Kier molecular flexibility index (Phi) is 6.01. The average Bonchev–Trinajstić information content (AvgIpc) is 3.04. The Balaban J connectivity index is 1.85. The van der Waals surface area contributed by atoms with Crippen LogP contribution in [-0.4, -0.2) is 45.4 Å². The summed E-state index contributed by atoms with van der Waals surface area (Å²) in [6.45, 7) is 0. The van der Waals surface area contributed by atoms with E-state index in [9.17, 15) is 18.0 Å². The van der Waals surface area contributed by atoms with E-state index in [1.165, 1.54) is 48.1 Å². The Morgan fingerprint density at radius 3 is 2.53 bits per heavy atom. The van der Waals surface area contributed by atoms with E-state index < -0.39 is 12.3 Å². The van der Waals surface area contributed by atoms with E-state index >= 15 is 0 Å². The van der Waals surface area contributed by atoms with Crippen molar-refractivity contribution in [3.63, 3.8) is 0 Å². The van der Waals surface area contributed by atoms with Gasteiger partial charge in [-0.3, -0.25) is 0 Å². The quantitative estimate of drug-likeness (QED) is 0.439. The van der Waals surface area contributed by atoms with Gasteiger partial charge in [0.1, 0.15) is 34.3 Å². The lowest BCUT2D eigenvalue weighted by Crippen LogP contribution is -2.16. The van der Waals surface area contributed by atoms with Crippen molar-refractivity contribution in [1.29, 1.82) is 0 Å². The predicted molar refractivity (Wildman–Crippen MR) is 103 cm³/mol. The van der Waals surface area contributed by atoms with Crippen LogP contribution >= 0.6 is 11.8 Å². The first-order chi connectivity index (χ1) is 14.2. The van der Waals surface area contributed by atoms with Crippen molar-refractivity contribution in [3.05, 3.63) is 42.2 Å². The molecule has 0 unspecified atom stereocenters. The van der Waals surface area contributed by atoms with Crippen molar-refractivity contribution in [2.45, 2.75) is 11.4 Å². The largest absolute Gasteiger partial charge is 0.573 e. The summed E-state index contributed by atoms with van der Waals surface area (Å²) in [5.41, 5.74) is 6.64. The standard InChI is InChI=1S/C17H15F3N6O3S/c1-28-16(27)13-14(21)26(25-15(13)30-2)12-7-11(22-8-23-12)24-9-3-5-10(6-4-9)29-17(18,19)20/h3-8H,21H2,1-2H3,(H,22,23,24). The first-order valence-electron chi connectivity index (χ1n) is 8.18. The second-order valence-electron chi connectivity index (χ2n) is 5.63. The van der Waals surface area contributed by atoms with Crippen LogP contribution in [0.25, 0.3) is 5.82 Å². The molecule has 0 bridgehead atoms. The summed E-state index contributed by atoms with van der Waals surface area (Å²) in [6, 6.07) is 6.63. The Morgan fingerprint density at radius 2 is 1.93 bits per heavy atom.